The zero-order valence-electron chi connectivity index (χ0n) is 19.4. The number of anilines is 1. The molecule has 2 N–H and O–H groups in total. The Morgan fingerprint density at radius 3 is 2.79 bits per heavy atom. The second kappa shape index (κ2) is 8.48. The van der Waals surface area contributed by atoms with Crippen molar-refractivity contribution in [1.29, 1.82) is 0 Å². The zero-order chi connectivity index (χ0) is 23.1. The maximum Gasteiger partial charge on any atom is 0.128 e. The van der Waals surface area contributed by atoms with Gasteiger partial charge in [0.1, 0.15) is 17.3 Å². The van der Waals surface area contributed by atoms with E-state index in [1.165, 1.54) is 0 Å². The van der Waals surface area contributed by atoms with E-state index in [4.69, 9.17) is 9.84 Å². The third-order valence-electron chi connectivity index (χ3n) is 6.63. The normalized spacial score (nSPS) is 18.5. The largest absolute Gasteiger partial charge is 0.490 e. The first-order valence-corrected chi connectivity index (χ1v) is 11.9. The number of fused-ring (bicyclic) bond motifs is 2. The van der Waals surface area contributed by atoms with Gasteiger partial charge in [0, 0.05) is 48.4 Å². The van der Waals surface area contributed by atoms with Crippen LogP contribution in [0.3, 0.4) is 0 Å². The van der Waals surface area contributed by atoms with E-state index in [0.29, 0.717) is 6.04 Å². The molecule has 0 atom stereocenters. The summed E-state index contributed by atoms with van der Waals surface area (Å²) in [6, 6.07) is 8.54. The van der Waals surface area contributed by atoms with E-state index in [-0.39, 0.29) is 6.10 Å². The predicted octanol–water partition coefficient (Wildman–Crippen LogP) is 4.70. The molecule has 4 heterocycles. The molecule has 0 radical (unpaired) electrons. The van der Waals surface area contributed by atoms with Crippen LogP contribution in [-0.4, -0.2) is 47.4 Å². The van der Waals surface area contributed by atoms with E-state index in [0.717, 1.165) is 76.9 Å². The highest BCUT2D eigenvalue weighted by Gasteiger charge is 2.27. The minimum absolute atomic E-state index is 0.208. The number of aromatic amines is 1. The molecule has 0 saturated heterocycles. The monoisotopic (exact) mass is 456 g/mol. The number of hydrogen-bond donors (Lipinski definition) is 2. The summed E-state index contributed by atoms with van der Waals surface area (Å²) in [4.78, 5) is 4.61. The molecule has 34 heavy (non-hydrogen) atoms. The van der Waals surface area contributed by atoms with Gasteiger partial charge in [-0.25, -0.2) is 4.98 Å². The van der Waals surface area contributed by atoms with E-state index in [1.807, 2.05) is 48.6 Å². The first-order chi connectivity index (χ1) is 16.7. The van der Waals surface area contributed by atoms with Crippen LogP contribution in [0.15, 0.2) is 49.1 Å². The van der Waals surface area contributed by atoms with Gasteiger partial charge in [-0.1, -0.05) is 0 Å². The van der Waals surface area contributed by atoms with Crippen LogP contribution < -0.4 is 10.1 Å². The number of aromatic nitrogens is 7. The fourth-order valence-corrected chi connectivity index (χ4v) is 4.94. The van der Waals surface area contributed by atoms with Gasteiger partial charge in [0.15, 0.2) is 0 Å². The molecule has 0 spiro atoms. The molecule has 1 fully saturated rings. The van der Waals surface area contributed by atoms with Crippen molar-refractivity contribution in [2.75, 3.05) is 11.9 Å². The van der Waals surface area contributed by atoms with E-state index < -0.39 is 0 Å². The lowest BCUT2D eigenvalue weighted by Crippen LogP contribution is -2.26. The summed E-state index contributed by atoms with van der Waals surface area (Å²) in [6.07, 6.45) is 11.8. The molecule has 9 nitrogen and oxygen atoms in total. The molecular weight excluding hydrogens is 428 g/mol. The predicted molar refractivity (Wildman–Crippen MR) is 132 cm³/mol. The number of pyridine rings is 1. The number of nitrogens with zero attached hydrogens (tertiary/aromatic N) is 6. The van der Waals surface area contributed by atoms with Crippen LogP contribution in [0.4, 0.5) is 5.82 Å². The zero-order valence-corrected chi connectivity index (χ0v) is 19.4. The highest BCUT2D eigenvalue weighted by molar-refractivity contribution is 5.93. The van der Waals surface area contributed by atoms with Crippen molar-refractivity contribution in [3.8, 4) is 17.0 Å². The van der Waals surface area contributed by atoms with Crippen molar-refractivity contribution < 1.29 is 4.74 Å². The summed E-state index contributed by atoms with van der Waals surface area (Å²) < 4.78 is 10.3. The molecule has 9 heteroatoms. The number of nitrogens with one attached hydrogen (secondary N) is 2. The Morgan fingerprint density at radius 1 is 1.12 bits per heavy atom. The van der Waals surface area contributed by atoms with Gasteiger partial charge in [-0.15, -0.1) is 0 Å². The first kappa shape index (κ1) is 20.7. The third-order valence-corrected chi connectivity index (χ3v) is 6.63. The average molecular weight is 457 g/mol. The Balaban J connectivity index is 1.25. The second-order valence-electron chi connectivity index (χ2n) is 8.98. The molecule has 1 aliphatic carbocycles. The lowest BCUT2D eigenvalue weighted by molar-refractivity contribution is 0.131. The molecule has 0 amide bonds. The number of ether oxygens (including phenoxy) is 1. The topological polar surface area (TPSA) is 98.5 Å². The Morgan fingerprint density at radius 2 is 2.00 bits per heavy atom. The molecule has 174 valence electrons. The molecule has 4 aromatic heterocycles. The van der Waals surface area contributed by atoms with Crippen LogP contribution in [0.1, 0.15) is 38.6 Å². The molecule has 0 aliphatic heterocycles. The van der Waals surface area contributed by atoms with Gasteiger partial charge in [0.05, 0.1) is 35.6 Å². The SMILES string of the molecule is CCNc1cc2c(cn1)c(-c1cnn(C)c1)nn2[C@H]1CC[C@@H](Oc2ccc3[nH]ncc3c2)CC1. The van der Waals surface area contributed by atoms with Crippen LogP contribution >= 0.6 is 0 Å². The van der Waals surface area contributed by atoms with E-state index in [2.05, 4.69) is 49.3 Å². The van der Waals surface area contributed by atoms with E-state index >= 15 is 0 Å². The van der Waals surface area contributed by atoms with Crippen molar-refractivity contribution in [3.63, 3.8) is 0 Å². The molecule has 1 aliphatic rings. The number of aryl methyl sites for hydroxylation is 1. The quantitative estimate of drug-likeness (QED) is 0.384. The Hall–Kier alpha value is -3.88. The Kier molecular flexibility index (Phi) is 5.16. The third kappa shape index (κ3) is 3.76. The molecular formula is C25H28N8O. The van der Waals surface area contributed by atoms with Crippen molar-refractivity contribution in [2.45, 2.75) is 44.8 Å². The van der Waals surface area contributed by atoms with Gasteiger partial charge in [-0.05, 0) is 50.8 Å². The highest BCUT2D eigenvalue weighted by atomic mass is 16.5. The van der Waals surface area contributed by atoms with Gasteiger partial charge in [0.2, 0.25) is 0 Å². The lowest BCUT2D eigenvalue weighted by atomic mass is 9.93. The van der Waals surface area contributed by atoms with Gasteiger partial charge < -0.3 is 10.1 Å². The lowest BCUT2D eigenvalue weighted by Gasteiger charge is -2.29. The fraction of sp³-hybridized carbons (Fsp3) is 0.360. The maximum atomic E-state index is 6.33. The van der Waals surface area contributed by atoms with Crippen LogP contribution in [0, 0.1) is 0 Å². The van der Waals surface area contributed by atoms with E-state index in [1.54, 1.807) is 0 Å². The maximum absolute atomic E-state index is 6.33. The molecule has 0 unspecified atom stereocenters. The van der Waals surface area contributed by atoms with Gasteiger partial charge in [-0.3, -0.25) is 14.5 Å². The van der Waals surface area contributed by atoms with Gasteiger partial charge in [0.25, 0.3) is 0 Å². The summed E-state index contributed by atoms with van der Waals surface area (Å²) in [6.45, 7) is 2.91. The molecule has 0 bridgehead atoms. The Labute approximate surface area is 197 Å². The van der Waals surface area contributed by atoms with Crippen LogP contribution in [-0.2, 0) is 7.05 Å². The highest BCUT2D eigenvalue weighted by Crippen LogP contribution is 2.36. The minimum atomic E-state index is 0.208. The molecule has 1 aromatic carbocycles. The first-order valence-electron chi connectivity index (χ1n) is 11.9. The summed E-state index contributed by atoms with van der Waals surface area (Å²) in [5.74, 6) is 1.78. The van der Waals surface area contributed by atoms with Crippen LogP contribution in [0.2, 0.25) is 0 Å². The summed E-state index contributed by atoms with van der Waals surface area (Å²) in [7, 11) is 1.93. The minimum Gasteiger partial charge on any atom is -0.490 e. The summed E-state index contributed by atoms with van der Waals surface area (Å²) in [5.41, 5.74) is 4.08. The number of rotatable bonds is 6. The molecule has 5 aromatic rings. The van der Waals surface area contributed by atoms with Gasteiger partial charge in [-0.2, -0.15) is 15.3 Å². The standard InChI is InChI=1S/C25H28N8O/c1-3-26-24-11-23-21(14-27-24)25(17-13-29-32(2)15-17)31-33(23)18-4-6-19(7-5-18)34-20-8-9-22-16(10-20)12-28-30-22/h8-15,18-19H,3-7H2,1-2H3,(H,26,27)(H,28,30)/t18-,19+. The van der Waals surface area contributed by atoms with Crippen LogP contribution in [0.5, 0.6) is 5.75 Å². The van der Waals surface area contributed by atoms with Crippen molar-refractivity contribution in [2.24, 2.45) is 7.05 Å². The van der Waals surface area contributed by atoms with Crippen LogP contribution in [0.25, 0.3) is 33.1 Å². The van der Waals surface area contributed by atoms with Crippen molar-refractivity contribution in [1.82, 2.24) is 34.7 Å². The summed E-state index contributed by atoms with van der Waals surface area (Å²) in [5, 5.41) is 22.0. The average Bonchev–Trinajstić information content (AvgIpc) is 3.58. The Bertz CT molecular complexity index is 1440. The fourth-order valence-electron chi connectivity index (χ4n) is 4.94. The smallest absolute Gasteiger partial charge is 0.128 e. The number of H-pyrrole nitrogens is 1. The van der Waals surface area contributed by atoms with Crippen molar-refractivity contribution >= 4 is 27.6 Å². The molecule has 6 rings (SSSR count). The number of benzene rings is 1. The second-order valence-corrected chi connectivity index (χ2v) is 8.98. The van der Waals surface area contributed by atoms with Crippen molar-refractivity contribution in [3.05, 3.63) is 49.1 Å². The molecule has 1 saturated carbocycles. The number of hydrogen-bond acceptors (Lipinski definition) is 6. The van der Waals surface area contributed by atoms with E-state index in [9.17, 15) is 0 Å². The summed E-state index contributed by atoms with van der Waals surface area (Å²) >= 11 is 0. The van der Waals surface area contributed by atoms with Gasteiger partial charge >= 0.3 is 0 Å².